The van der Waals surface area contributed by atoms with Crippen molar-refractivity contribution in [3.8, 4) is 5.75 Å². The van der Waals surface area contributed by atoms with Crippen molar-refractivity contribution in [2.45, 2.75) is 31.9 Å². The van der Waals surface area contributed by atoms with Crippen LogP contribution < -0.4 is 10.1 Å². The van der Waals surface area contributed by atoms with Crippen molar-refractivity contribution in [3.05, 3.63) is 54.0 Å². The smallest absolute Gasteiger partial charge is 0.338 e. The summed E-state index contributed by atoms with van der Waals surface area (Å²) in [4.78, 5) is 23.9. The lowest BCUT2D eigenvalue weighted by molar-refractivity contribution is -0.125. The van der Waals surface area contributed by atoms with E-state index < -0.39 is 11.9 Å². The van der Waals surface area contributed by atoms with Gasteiger partial charge in [0.25, 0.3) is 5.91 Å². The second-order valence-electron chi connectivity index (χ2n) is 6.35. The first kappa shape index (κ1) is 19.0. The molecule has 1 aliphatic rings. The molecular formula is C20H23NO6. The van der Waals surface area contributed by atoms with E-state index in [4.69, 9.17) is 18.6 Å². The van der Waals surface area contributed by atoms with Gasteiger partial charge in [-0.3, -0.25) is 4.79 Å². The average molecular weight is 373 g/mol. The van der Waals surface area contributed by atoms with Crippen molar-refractivity contribution in [1.82, 2.24) is 5.32 Å². The van der Waals surface area contributed by atoms with Crippen LogP contribution in [0.15, 0.2) is 47.1 Å². The Morgan fingerprint density at radius 3 is 2.74 bits per heavy atom. The lowest BCUT2D eigenvalue weighted by atomic mass is 10.2. The summed E-state index contributed by atoms with van der Waals surface area (Å²) in [6, 6.07) is 9.82. The third kappa shape index (κ3) is 5.59. The van der Waals surface area contributed by atoms with E-state index in [0.717, 1.165) is 19.4 Å². The summed E-state index contributed by atoms with van der Waals surface area (Å²) in [5, 5.41) is 2.70. The molecule has 2 heterocycles. The van der Waals surface area contributed by atoms with E-state index in [1.54, 1.807) is 43.3 Å². The van der Waals surface area contributed by atoms with Crippen LogP contribution >= 0.6 is 0 Å². The van der Waals surface area contributed by atoms with E-state index in [0.29, 0.717) is 23.7 Å². The molecule has 1 aliphatic heterocycles. The molecule has 2 atom stereocenters. The van der Waals surface area contributed by atoms with Gasteiger partial charge in [-0.2, -0.15) is 0 Å². The van der Waals surface area contributed by atoms with E-state index in [1.165, 1.54) is 6.26 Å². The average Bonchev–Trinajstić information content (AvgIpc) is 3.38. The minimum Gasteiger partial charge on any atom is -0.491 e. The van der Waals surface area contributed by atoms with E-state index in [1.807, 2.05) is 0 Å². The summed E-state index contributed by atoms with van der Waals surface area (Å²) < 4.78 is 21.4. The van der Waals surface area contributed by atoms with Gasteiger partial charge < -0.3 is 23.9 Å². The molecule has 2 aromatic rings. The number of hydrogen-bond donors (Lipinski definition) is 1. The zero-order chi connectivity index (χ0) is 19.1. The molecule has 3 rings (SSSR count). The maximum absolute atomic E-state index is 12.1. The zero-order valence-corrected chi connectivity index (χ0v) is 15.2. The van der Waals surface area contributed by atoms with Gasteiger partial charge in [0.2, 0.25) is 0 Å². The molecule has 0 radical (unpaired) electrons. The monoisotopic (exact) mass is 373 g/mol. The van der Waals surface area contributed by atoms with Gasteiger partial charge in [0.15, 0.2) is 6.61 Å². The predicted octanol–water partition coefficient (Wildman–Crippen LogP) is 2.87. The van der Waals surface area contributed by atoms with Crippen molar-refractivity contribution in [2.75, 3.05) is 19.8 Å². The fraction of sp³-hybridized carbons (Fsp3) is 0.400. The Bertz CT molecular complexity index is 734. The molecule has 0 spiro atoms. The molecule has 0 saturated carbocycles. The standard InChI is InChI=1S/C20H23NO6/c1-14(18-5-3-11-25-18)21-19(22)13-27-20(23)15-6-8-16(9-7-15)26-12-17-4-2-10-24-17/h3,5-9,11,14,17H,2,4,10,12-13H2,1H3,(H,21,22)/t14-,17+/m0/s1. The molecule has 1 aromatic heterocycles. The van der Waals surface area contributed by atoms with E-state index >= 15 is 0 Å². The first-order chi connectivity index (χ1) is 13.1. The van der Waals surface area contributed by atoms with Gasteiger partial charge in [-0.1, -0.05) is 0 Å². The molecule has 1 amide bonds. The number of ether oxygens (including phenoxy) is 3. The first-order valence-corrected chi connectivity index (χ1v) is 8.96. The summed E-state index contributed by atoms with van der Waals surface area (Å²) >= 11 is 0. The van der Waals surface area contributed by atoms with Crippen LogP contribution in [0.3, 0.4) is 0 Å². The SMILES string of the molecule is C[C@H](NC(=O)COC(=O)c1ccc(OC[C@H]2CCCO2)cc1)c1ccco1. The van der Waals surface area contributed by atoms with E-state index in [2.05, 4.69) is 5.32 Å². The van der Waals surface area contributed by atoms with Crippen LogP contribution in [-0.2, 0) is 14.3 Å². The molecular weight excluding hydrogens is 350 g/mol. The minimum atomic E-state index is -0.568. The molecule has 144 valence electrons. The Morgan fingerprint density at radius 2 is 2.07 bits per heavy atom. The first-order valence-electron chi connectivity index (χ1n) is 8.96. The fourth-order valence-electron chi connectivity index (χ4n) is 2.76. The second-order valence-corrected chi connectivity index (χ2v) is 6.35. The highest BCUT2D eigenvalue weighted by molar-refractivity contribution is 5.91. The van der Waals surface area contributed by atoms with Gasteiger partial charge in [-0.15, -0.1) is 0 Å². The number of esters is 1. The Kier molecular flexibility index (Phi) is 6.49. The number of nitrogens with one attached hydrogen (secondary N) is 1. The molecule has 7 heteroatoms. The Balaban J connectivity index is 1.41. The van der Waals surface area contributed by atoms with Crippen molar-refractivity contribution < 1.29 is 28.2 Å². The van der Waals surface area contributed by atoms with Gasteiger partial charge in [-0.05, 0) is 56.2 Å². The topological polar surface area (TPSA) is 87.0 Å². The van der Waals surface area contributed by atoms with Crippen LogP contribution in [0.4, 0.5) is 0 Å². The molecule has 1 saturated heterocycles. The van der Waals surface area contributed by atoms with Crippen LogP contribution in [-0.4, -0.2) is 37.8 Å². The Morgan fingerprint density at radius 1 is 1.26 bits per heavy atom. The number of benzene rings is 1. The summed E-state index contributed by atoms with van der Waals surface area (Å²) in [6.07, 6.45) is 3.74. The summed E-state index contributed by atoms with van der Waals surface area (Å²) in [5.41, 5.74) is 0.353. The van der Waals surface area contributed by atoms with Gasteiger partial charge >= 0.3 is 5.97 Å². The number of hydrogen-bond acceptors (Lipinski definition) is 6. The quantitative estimate of drug-likeness (QED) is 0.716. The van der Waals surface area contributed by atoms with Gasteiger partial charge in [0.1, 0.15) is 18.1 Å². The van der Waals surface area contributed by atoms with Crippen molar-refractivity contribution in [2.24, 2.45) is 0 Å². The van der Waals surface area contributed by atoms with Gasteiger partial charge in [-0.25, -0.2) is 4.79 Å². The number of furan rings is 1. The molecule has 1 fully saturated rings. The zero-order valence-electron chi connectivity index (χ0n) is 15.2. The molecule has 1 aromatic carbocycles. The molecule has 1 N–H and O–H groups in total. The number of carbonyl (C=O) groups is 2. The highest BCUT2D eigenvalue weighted by Crippen LogP contribution is 2.17. The van der Waals surface area contributed by atoms with Crippen molar-refractivity contribution in [1.29, 1.82) is 0 Å². The summed E-state index contributed by atoms with van der Waals surface area (Å²) in [5.74, 6) is 0.325. The molecule has 0 aliphatic carbocycles. The van der Waals surface area contributed by atoms with Crippen LogP contribution in [0.1, 0.15) is 41.9 Å². The van der Waals surface area contributed by atoms with Crippen LogP contribution in [0.25, 0.3) is 0 Å². The van der Waals surface area contributed by atoms with Gasteiger partial charge in [0.05, 0.1) is 24.0 Å². The van der Waals surface area contributed by atoms with Crippen molar-refractivity contribution >= 4 is 11.9 Å². The molecule has 7 nitrogen and oxygen atoms in total. The normalized spacial score (nSPS) is 17.3. The highest BCUT2D eigenvalue weighted by Gasteiger charge is 2.17. The highest BCUT2D eigenvalue weighted by atomic mass is 16.5. The lowest BCUT2D eigenvalue weighted by Crippen LogP contribution is -2.30. The largest absolute Gasteiger partial charge is 0.491 e. The lowest BCUT2D eigenvalue weighted by Gasteiger charge is -2.12. The van der Waals surface area contributed by atoms with Crippen LogP contribution in [0, 0.1) is 0 Å². The maximum Gasteiger partial charge on any atom is 0.338 e. The number of rotatable bonds is 8. The van der Waals surface area contributed by atoms with Crippen molar-refractivity contribution in [3.63, 3.8) is 0 Å². The Labute approximate surface area is 157 Å². The van der Waals surface area contributed by atoms with Crippen LogP contribution in [0.2, 0.25) is 0 Å². The minimum absolute atomic E-state index is 0.136. The van der Waals surface area contributed by atoms with E-state index in [9.17, 15) is 9.59 Å². The number of carbonyl (C=O) groups excluding carboxylic acids is 2. The summed E-state index contributed by atoms with van der Waals surface area (Å²) in [7, 11) is 0. The Hall–Kier alpha value is -2.80. The molecule has 0 bridgehead atoms. The van der Waals surface area contributed by atoms with Gasteiger partial charge in [0, 0.05) is 6.61 Å². The van der Waals surface area contributed by atoms with E-state index in [-0.39, 0.29) is 18.8 Å². The molecule has 27 heavy (non-hydrogen) atoms. The van der Waals surface area contributed by atoms with Crippen LogP contribution in [0.5, 0.6) is 5.75 Å². The molecule has 0 unspecified atom stereocenters. The maximum atomic E-state index is 12.1. The second kappa shape index (κ2) is 9.23. The third-order valence-electron chi connectivity index (χ3n) is 4.23. The predicted molar refractivity (Wildman–Crippen MR) is 96.5 cm³/mol. The number of amides is 1. The summed E-state index contributed by atoms with van der Waals surface area (Å²) in [6.45, 7) is 2.71. The third-order valence-corrected chi connectivity index (χ3v) is 4.23. The fourth-order valence-corrected chi connectivity index (χ4v) is 2.76.